The molecule has 6 nitrogen and oxygen atoms in total. The lowest BCUT2D eigenvalue weighted by molar-refractivity contribution is -0.152. The van der Waals surface area contributed by atoms with Crippen molar-refractivity contribution in [3.05, 3.63) is 88.9 Å². The predicted molar refractivity (Wildman–Crippen MR) is 134 cm³/mol. The van der Waals surface area contributed by atoms with Crippen LogP contribution in [0.1, 0.15) is 31.4 Å². The Bertz CT molecular complexity index is 1230. The fourth-order valence-electron chi connectivity index (χ4n) is 3.63. The standard InChI is InChI=1S/C27H27ClN2O4/c1-27(2,25(31)32)34-22-9-5-7-20(17-22)18-30(16-6-8-19-12-14-21(28)15-13-19)26-29-23-10-3-4-11-24(23)33-26/h3-5,7,9-15,17H,6,8,16,18H2,1-2H3,(H,31,32). The number of carboxylic acids is 1. The highest BCUT2D eigenvalue weighted by Crippen LogP contribution is 2.26. The van der Waals surface area contributed by atoms with Gasteiger partial charge in [0.2, 0.25) is 0 Å². The maximum atomic E-state index is 11.5. The Kier molecular flexibility index (Phi) is 7.08. The Morgan fingerprint density at radius 3 is 2.56 bits per heavy atom. The number of carbonyl (C=O) groups is 1. The Labute approximate surface area is 203 Å². The number of aromatic nitrogens is 1. The molecule has 7 heteroatoms. The minimum Gasteiger partial charge on any atom is -0.478 e. The van der Waals surface area contributed by atoms with Crippen LogP contribution in [0.3, 0.4) is 0 Å². The Hall–Kier alpha value is -3.51. The maximum Gasteiger partial charge on any atom is 0.347 e. The molecule has 0 aliphatic rings. The van der Waals surface area contributed by atoms with E-state index in [2.05, 4.69) is 9.88 Å². The van der Waals surface area contributed by atoms with Crippen molar-refractivity contribution in [3.8, 4) is 5.75 Å². The van der Waals surface area contributed by atoms with E-state index in [1.165, 1.54) is 19.4 Å². The third kappa shape index (κ3) is 5.88. The Balaban J connectivity index is 1.53. The molecule has 0 amide bonds. The molecule has 34 heavy (non-hydrogen) atoms. The van der Waals surface area contributed by atoms with Crippen molar-refractivity contribution in [3.63, 3.8) is 0 Å². The third-order valence-electron chi connectivity index (χ3n) is 5.52. The maximum absolute atomic E-state index is 11.5. The molecule has 1 N–H and O–H groups in total. The second-order valence-corrected chi connectivity index (χ2v) is 9.12. The van der Waals surface area contributed by atoms with Crippen LogP contribution in [0.25, 0.3) is 11.1 Å². The van der Waals surface area contributed by atoms with Crippen molar-refractivity contribution >= 4 is 34.7 Å². The average molecular weight is 479 g/mol. The van der Waals surface area contributed by atoms with Gasteiger partial charge in [0.15, 0.2) is 11.2 Å². The van der Waals surface area contributed by atoms with E-state index in [1.807, 2.05) is 66.7 Å². The molecule has 0 bridgehead atoms. The summed E-state index contributed by atoms with van der Waals surface area (Å²) in [6, 6.07) is 23.6. The third-order valence-corrected chi connectivity index (χ3v) is 5.77. The number of nitrogens with zero attached hydrogens (tertiary/aromatic N) is 2. The number of hydrogen-bond acceptors (Lipinski definition) is 5. The number of aliphatic carboxylic acids is 1. The first-order chi connectivity index (χ1) is 16.3. The number of hydrogen-bond donors (Lipinski definition) is 1. The topological polar surface area (TPSA) is 75.8 Å². The number of rotatable bonds is 10. The lowest BCUT2D eigenvalue weighted by Crippen LogP contribution is -2.37. The molecule has 0 aliphatic carbocycles. The summed E-state index contributed by atoms with van der Waals surface area (Å²) in [4.78, 5) is 18.2. The summed E-state index contributed by atoms with van der Waals surface area (Å²) >= 11 is 6.00. The van der Waals surface area contributed by atoms with E-state index in [9.17, 15) is 9.90 Å². The fraction of sp³-hybridized carbons (Fsp3) is 0.259. The van der Waals surface area contributed by atoms with Crippen molar-refractivity contribution in [2.45, 2.75) is 38.8 Å². The molecule has 1 aromatic heterocycles. The molecule has 0 saturated carbocycles. The van der Waals surface area contributed by atoms with E-state index in [4.69, 9.17) is 20.8 Å². The fourth-order valence-corrected chi connectivity index (χ4v) is 3.75. The van der Waals surface area contributed by atoms with Crippen LogP contribution in [-0.2, 0) is 17.8 Å². The number of oxazole rings is 1. The highest BCUT2D eigenvalue weighted by molar-refractivity contribution is 6.30. The van der Waals surface area contributed by atoms with Crippen molar-refractivity contribution in [2.75, 3.05) is 11.4 Å². The normalized spacial score (nSPS) is 11.5. The first kappa shape index (κ1) is 23.6. The molecule has 4 rings (SSSR count). The SMILES string of the molecule is CC(C)(Oc1cccc(CN(CCCc2ccc(Cl)cc2)c2nc3ccccc3o2)c1)C(=O)O. The summed E-state index contributed by atoms with van der Waals surface area (Å²) < 4.78 is 11.8. The van der Waals surface area contributed by atoms with E-state index in [0.717, 1.165) is 41.1 Å². The van der Waals surface area contributed by atoms with Crippen LogP contribution in [0.4, 0.5) is 6.01 Å². The van der Waals surface area contributed by atoms with Crippen molar-refractivity contribution < 1.29 is 19.1 Å². The highest BCUT2D eigenvalue weighted by atomic mass is 35.5. The molecule has 4 aromatic rings. The van der Waals surface area contributed by atoms with Gasteiger partial charge in [-0.25, -0.2) is 4.79 Å². The number of fused-ring (bicyclic) bond motifs is 1. The quantitative estimate of drug-likeness (QED) is 0.285. The number of anilines is 1. The summed E-state index contributed by atoms with van der Waals surface area (Å²) in [5, 5.41) is 10.1. The molecule has 0 aliphatic heterocycles. The zero-order chi connectivity index (χ0) is 24.1. The summed E-state index contributed by atoms with van der Waals surface area (Å²) in [7, 11) is 0. The lowest BCUT2D eigenvalue weighted by atomic mass is 10.1. The van der Waals surface area contributed by atoms with Crippen molar-refractivity contribution in [1.29, 1.82) is 0 Å². The Morgan fingerprint density at radius 2 is 1.82 bits per heavy atom. The molecule has 0 radical (unpaired) electrons. The van der Waals surface area contributed by atoms with Crippen LogP contribution < -0.4 is 9.64 Å². The van der Waals surface area contributed by atoms with Crippen LogP contribution in [0.2, 0.25) is 5.02 Å². The first-order valence-corrected chi connectivity index (χ1v) is 11.5. The van der Waals surface area contributed by atoms with Crippen LogP contribution in [-0.4, -0.2) is 28.2 Å². The van der Waals surface area contributed by atoms with Gasteiger partial charge >= 0.3 is 5.97 Å². The van der Waals surface area contributed by atoms with Gasteiger partial charge < -0.3 is 19.2 Å². The monoisotopic (exact) mass is 478 g/mol. The summed E-state index contributed by atoms with van der Waals surface area (Å²) in [6.07, 6.45) is 1.78. The van der Waals surface area contributed by atoms with E-state index in [0.29, 0.717) is 18.3 Å². The van der Waals surface area contributed by atoms with E-state index in [1.54, 1.807) is 6.07 Å². The van der Waals surface area contributed by atoms with Gasteiger partial charge in [-0.2, -0.15) is 4.98 Å². The smallest absolute Gasteiger partial charge is 0.347 e. The minimum absolute atomic E-state index is 0.503. The molecular weight excluding hydrogens is 452 g/mol. The van der Waals surface area contributed by atoms with Gasteiger partial charge in [0.05, 0.1) is 0 Å². The molecule has 0 fully saturated rings. The molecule has 0 spiro atoms. The summed E-state index contributed by atoms with van der Waals surface area (Å²) in [5.41, 5.74) is 2.40. The second-order valence-electron chi connectivity index (χ2n) is 8.68. The number of halogens is 1. The van der Waals surface area contributed by atoms with E-state index in [-0.39, 0.29) is 0 Å². The van der Waals surface area contributed by atoms with E-state index >= 15 is 0 Å². The molecule has 176 valence electrons. The predicted octanol–water partition coefficient (Wildman–Crippen LogP) is 6.36. The van der Waals surface area contributed by atoms with Gasteiger partial charge in [-0.05, 0) is 74.2 Å². The Morgan fingerprint density at radius 1 is 1.06 bits per heavy atom. The van der Waals surface area contributed by atoms with Gasteiger partial charge in [-0.3, -0.25) is 0 Å². The number of ether oxygens (including phenoxy) is 1. The lowest BCUT2D eigenvalue weighted by Gasteiger charge is -2.23. The van der Waals surface area contributed by atoms with Gasteiger partial charge in [0.1, 0.15) is 11.3 Å². The molecular formula is C27H27ClN2O4. The molecule has 0 saturated heterocycles. The molecule has 1 heterocycles. The van der Waals surface area contributed by atoms with Gasteiger partial charge in [0, 0.05) is 18.1 Å². The molecule has 0 atom stereocenters. The van der Waals surface area contributed by atoms with Crippen molar-refractivity contribution in [2.24, 2.45) is 0 Å². The molecule has 0 unspecified atom stereocenters. The number of aryl methyl sites for hydroxylation is 1. The van der Waals surface area contributed by atoms with Gasteiger partial charge in [-0.1, -0.05) is 48.0 Å². The summed E-state index contributed by atoms with van der Waals surface area (Å²) in [6.45, 7) is 4.33. The van der Waals surface area contributed by atoms with Crippen LogP contribution in [0.5, 0.6) is 5.75 Å². The van der Waals surface area contributed by atoms with E-state index < -0.39 is 11.6 Å². The number of benzene rings is 3. The highest BCUT2D eigenvalue weighted by Gasteiger charge is 2.29. The zero-order valence-electron chi connectivity index (χ0n) is 19.2. The summed E-state index contributed by atoms with van der Waals surface area (Å²) in [5.74, 6) is -0.517. The first-order valence-electron chi connectivity index (χ1n) is 11.2. The van der Waals surface area contributed by atoms with Crippen LogP contribution in [0, 0.1) is 0 Å². The van der Waals surface area contributed by atoms with Crippen molar-refractivity contribution in [1.82, 2.24) is 4.98 Å². The largest absolute Gasteiger partial charge is 0.478 e. The number of para-hydroxylation sites is 2. The van der Waals surface area contributed by atoms with Gasteiger partial charge in [0.25, 0.3) is 6.01 Å². The van der Waals surface area contributed by atoms with Crippen LogP contribution in [0.15, 0.2) is 77.2 Å². The zero-order valence-corrected chi connectivity index (χ0v) is 20.0. The van der Waals surface area contributed by atoms with Gasteiger partial charge in [-0.15, -0.1) is 0 Å². The number of carboxylic acid groups (broad SMARTS) is 1. The molecule has 3 aromatic carbocycles. The second kappa shape index (κ2) is 10.2. The average Bonchev–Trinajstić information content (AvgIpc) is 3.24. The van der Waals surface area contributed by atoms with Crippen LogP contribution >= 0.6 is 11.6 Å². The minimum atomic E-state index is -1.32.